The molecule has 2 aromatic rings. The lowest BCUT2D eigenvalue weighted by Crippen LogP contribution is -2.08. The average Bonchev–Trinajstić information content (AvgIpc) is 2.34. The Balaban J connectivity index is 2.25. The summed E-state index contributed by atoms with van der Waals surface area (Å²) in [5.74, 6) is 0.483. The minimum atomic E-state index is -0.647. The molecule has 0 bridgehead atoms. The van der Waals surface area contributed by atoms with Gasteiger partial charge in [-0.3, -0.25) is 0 Å². The molecule has 0 fully saturated rings. The molecule has 1 atom stereocenters. The van der Waals surface area contributed by atoms with E-state index in [-0.39, 0.29) is 0 Å². The van der Waals surface area contributed by atoms with Gasteiger partial charge in [0.1, 0.15) is 6.10 Å². The molecule has 3 nitrogen and oxygen atoms in total. The minimum absolute atomic E-state index is 0.483. The van der Waals surface area contributed by atoms with Crippen molar-refractivity contribution in [1.82, 2.24) is 9.97 Å². The number of hydrogen-bond donors (Lipinski definition) is 1. The molecule has 3 heteroatoms. The zero-order chi connectivity index (χ0) is 13.1. The van der Waals surface area contributed by atoms with Crippen molar-refractivity contribution in [3.63, 3.8) is 0 Å². The molecule has 0 saturated carbocycles. The van der Waals surface area contributed by atoms with Crippen molar-refractivity contribution < 1.29 is 5.11 Å². The summed E-state index contributed by atoms with van der Waals surface area (Å²) in [5, 5.41) is 10.2. The Kier molecular flexibility index (Phi) is 3.72. The maximum absolute atomic E-state index is 10.2. The summed E-state index contributed by atoms with van der Waals surface area (Å²) in [6.45, 7) is 6.24. The van der Waals surface area contributed by atoms with Crippen LogP contribution in [0, 0.1) is 20.8 Å². The molecule has 0 amide bonds. The molecule has 2 rings (SSSR count). The molecule has 18 heavy (non-hydrogen) atoms. The number of rotatable bonds is 3. The van der Waals surface area contributed by atoms with Crippen molar-refractivity contribution in [2.45, 2.75) is 33.3 Å². The van der Waals surface area contributed by atoms with Crippen LogP contribution in [0.1, 0.15) is 34.2 Å². The fourth-order valence-electron chi connectivity index (χ4n) is 2.30. The monoisotopic (exact) mass is 242 g/mol. The van der Waals surface area contributed by atoms with Crippen LogP contribution in [0.25, 0.3) is 0 Å². The van der Waals surface area contributed by atoms with E-state index in [0.717, 1.165) is 0 Å². The van der Waals surface area contributed by atoms with E-state index in [1.54, 1.807) is 18.5 Å². The first kappa shape index (κ1) is 12.7. The van der Waals surface area contributed by atoms with Gasteiger partial charge >= 0.3 is 0 Å². The molecule has 1 aromatic carbocycles. The molecule has 1 N–H and O–H groups in total. The van der Waals surface area contributed by atoms with Gasteiger partial charge in [-0.05, 0) is 43.5 Å². The van der Waals surface area contributed by atoms with Crippen molar-refractivity contribution in [2.24, 2.45) is 0 Å². The summed E-state index contributed by atoms with van der Waals surface area (Å²) in [6.07, 6.45) is 3.22. The summed E-state index contributed by atoms with van der Waals surface area (Å²) in [7, 11) is 0. The highest BCUT2D eigenvalue weighted by molar-refractivity contribution is 5.38. The number of aryl methyl sites for hydroxylation is 3. The number of nitrogens with zero attached hydrogens (tertiary/aromatic N) is 2. The first-order valence-corrected chi connectivity index (χ1v) is 6.09. The lowest BCUT2D eigenvalue weighted by Gasteiger charge is -2.14. The molecule has 1 heterocycles. The second kappa shape index (κ2) is 5.27. The van der Waals surface area contributed by atoms with E-state index in [9.17, 15) is 5.11 Å². The molecule has 0 aliphatic heterocycles. The maximum Gasteiger partial charge on any atom is 0.157 e. The highest BCUT2D eigenvalue weighted by Gasteiger charge is 2.14. The van der Waals surface area contributed by atoms with Crippen LogP contribution < -0.4 is 0 Å². The maximum atomic E-state index is 10.2. The van der Waals surface area contributed by atoms with Crippen molar-refractivity contribution in [3.05, 3.63) is 58.7 Å². The van der Waals surface area contributed by atoms with Crippen LogP contribution in [0.4, 0.5) is 0 Å². The third-order valence-corrected chi connectivity index (χ3v) is 3.12. The Hall–Kier alpha value is -1.74. The zero-order valence-corrected chi connectivity index (χ0v) is 11.0. The van der Waals surface area contributed by atoms with Gasteiger partial charge in [0, 0.05) is 18.8 Å². The molecule has 94 valence electrons. The van der Waals surface area contributed by atoms with Gasteiger partial charge in [0.25, 0.3) is 0 Å². The molecule has 0 radical (unpaired) electrons. The summed E-state index contributed by atoms with van der Waals surface area (Å²) >= 11 is 0. The number of aliphatic hydroxyl groups excluding tert-OH is 1. The van der Waals surface area contributed by atoms with E-state index in [1.807, 2.05) is 0 Å². The summed E-state index contributed by atoms with van der Waals surface area (Å²) in [5.41, 5.74) is 4.85. The Labute approximate surface area is 108 Å². The summed E-state index contributed by atoms with van der Waals surface area (Å²) in [4.78, 5) is 8.18. The van der Waals surface area contributed by atoms with Crippen molar-refractivity contribution in [3.8, 4) is 0 Å². The van der Waals surface area contributed by atoms with Gasteiger partial charge in [0.2, 0.25) is 0 Å². The fraction of sp³-hybridized carbons (Fsp3) is 0.333. The molecule has 1 aromatic heterocycles. The first-order valence-electron chi connectivity index (χ1n) is 6.09. The molecule has 0 aliphatic rings. The Morgan fingerprint density at radius 1 is 1.06 bits per heavy atom. The van der Waals surface area contributed by atoms with Crippen LogP contribution in [0.2, 0.25) is 0 Å². The van der Waals surface area contributed by atoms with E-state index in [4.69, 9.17) is 0 Å². The fourth-order valence-corrected chi connectivity index (χ4v) is 2.30. The van der Waals surface area contributed by atoms with Crippen LogP contribution in [-0.4, -0.2) is 15.1 Å². The number of aromatic nitrogens is 2. The Morgan fingerprint density at radius 2 is 1.61 bits per heavy atom. The largest absolute Gasteiger partial charge is 0.385 e. The third-order valence-electron chi connectivity index (χ3n) is 3.12. The predicted octanol–water partition coefficient (Wildman–Crippen LogP) is 2.68. The minimum Gasteiger partial charge on any atom is -0.385 e. The zero-order valence-electron chi connectivity index (χ0n) is 11.0. The lowest BCUT2D eigenvalue weighted by molar-refractivity contribution is 0.168. The predicted molar refractivity (Wildman–Crippen MR) is 71.3 cm³/mol. The van der Waals surface area contributed by atoms with Crippen LogP contribution in [0.15, 0.2) is 30.6 Å². The topological polar surface area (TPSA) is 46.0 Å². The second-order valence-corrected chi connectivity index (χ2v) is 4.70. The van der Waals surface area contributed by atoms with Crippen molar-refractivity contribution >= 4 is 0 Å². The number of aliphatic hydroxyl groups is 1. The van der Waals surface area contributed by atoms with Crippen LogP contribution in [0.3, 0.4) is 0 Å². The van der Waals surface area contributed by atoms with E-state index >= 15 is 0 Å². The molecular formula is C15H18N2O. The SMILES string of the molecule is Cc1cc(C)c(CC(O)c2ncccn2)c(C)c1. The van der Waals surface area contributed by atoms with Crippen LogP contribution in [0.5, 0.6) is 0 Å². The second-order valence-electron chi connectivity index (χ2n) is 4.70. The van der Waals surface area contributed by atoms with Gasteiger partial charge < -0.3 is 5.11 Å². The van der Waals surface area contributed by atoms with Crippen molar-refractivity contribution in [2.75, 3.05) is 0 Å². The highest BCUT2D eigenvalue weighted by atomic mass is 16.3. The van der Waals surface area contributed by atoms with E-state index in [2.05, 4.69) is 42.9 Å². The normalized spacial score (nSPS) is 12.4. The van der Waals surface area contributed by atoms with Gasteiger partial charge in [-0.15, -0.1) is 0 Å². The van der Waals surface area contributed by atoms with E-state index in [0.29, 0.717) is 12.2 Å². The van der Waals surface area contributed by atoms with E-state index in [1.165, 1.54) is 22.3 Å². The summed E-state index contributed by atoms with van der Waals surface area (Å²) < 4.78 is 0. The Bertz CT molecular complexity index is 514. The van der Waals surface area contributed by atoms with E-state index < -0.39 is 6.10 Å². The van der Waals surface area contributed by atoms with Gasteiger partial charge in [-0.2, -0.15) is 0 Å². The smallest absolute Gasteiger partial charge is 0.157 e. The average molecular weight is 242 g/mol. The molecule has 1 unspecified atom stereocenters. The van der Waals surface area contributed by atoms with Gasteiger partial charge in [-0.25, -0.2) is 9.97 Å². The van der Waals surface area contributed by atoms with Gasteiger partial charge in [-0.1, -0.05) is 17.7 Å². The highest BCUT2D eigenvalue weighted by Crippen LogP contribution is 2.22. The van der Waals surface area contributed by atoms with Crippen molar-refractivity contribution in [1.29, 1.82) is 0 Å². The van der Waals surface area contributed by atoms with Gasteiger partial charge in [0.15, 0.2) is 5.82 Å². The third kappa shape index (κ3) is 2.74. The lowest BCUT2D eigenvalue weighted by atomic mass is 9.95. The first-order chi connectivity index (χ1) is 8.58. The standard InChI is InChI=1S/C15H18N2O/c1-10-7-11(2)13(12(3)8-10)9-14(18)15-16-5-4-6-17-15/h4-8,14,18H,9H2,1-3H3. The molecule has 0 aliphatic carbocycles. The summed E-state index contributed by atoms with van der Waals surface area (Å²) in [6, 6.07) is 6.03. The molecule has 0 spiro atoms. The quantitative estimate of drug-likeness (QED) is 0.900. The Morgan fingerprint density at radius 3 is 2.17 bits per heavy atom. The number of benzene rings is 1. The molecular weight excluding hydrogens is 224 g/mol. The molecule has 0 saturated heterocycles. The van der Waals surface area contributed by atoms with Crippen LogP contribution in [-0.2, 0) is 6.42 Å². The number of hydrogen-bond acceptors (Lipinski definition) is 3. The van der Waals surface area contributed by atoms with Gasteiger partial charge in [0.05, 0.1) is 0 Å². The van der Waals surface area contributed by atoms with Crippen LogP contribution >= 0.6 is 0 Å².